The predicted molar refractivity (Wildman–Crippen MR) is 85.0 cm³/mol. The van der Waals surface area contributed by atoms with Crippen molar-refractivity contribution in [3.05, 3.63) is 22.4 Å². The molecule has 0 unspecified atom stereocenters. The van der Waals surface area contributed by atoms with Gasteiger partial charge in [-0.15, -0.1) is 11.3 Å². The molecule has 0 radical (unpaired) electrons. The number of likely N-dealkylation sites (N-methyl/N-ethyl adjacent to an activating group) is 1. The summed E-state index contributed by atoms with van der Waals surface area (Å²) >= 11 is 1.88. The Kier molecular flexibility index (Phi) is 5.86. The van der Waals surface area contributed by atoms with Crippen LogP contribution >= 0.6 is 11.3 Å². The maximum atomic E-state index is 3.58. The summed E-state index contributed by atoms with van der Waals surface area (Å²) < 4.78 is 0. The predicted octanol–water partition coefficient (Wildman–Crippen LogP) is 3.39. The number of nitrogens with one attached hydrogen (secondary N) is 1. The quantitative estimate of drug-likeness (QED) is 0.785. The van der Waals surface area contributed by atoms with Crippen molar-refractivity contribution in [3.8, 4) is 0 Å². The van der Waals surface area contributed by atoms with Gasteiger partial charge in [-0.3, -0.25) is 0 Å². The van der Waals surface area contributed by atoms with E-state index in [1.54, 1.807) is 0 Å². The molecule has 19 heavy (non-hydrogen) atoms. The van der Waals surface area contributed by atoms with Gasteiger partial charge in [0.2, 0.25) is 0 Å². The number of nitrogens with zero attached hydrogens (tertiary/aromatic N) is 1. The zero-order chi connectivity index (χ0) is 13.6. The number of rotatable bonds is 8. The number of hydrogen-bond donors (Lipinski definition) is 1. The third kappa shape index (κ3) is 4.59. The molecular formula is C16H28N2S. The number of hydrogen-bond acceptors (Lipinski definition) is 3. The van der Waals surface area contributed by atoms with Gasteiger partial charge in [-0.1, -0.05) is 25.8 Å². The lowest BCUT2D eigenvalue weighted by atomic mass is 9.85. The van der Waals surface area contributed by atoms with Crippen molar-refractivity contribution in [3.63, 3.8) is 0 Å². The molecule has 0 saturated heterocycles. The van der Waals surface area contributed by atoms with E-state index in [1.807, 2.05) is 11.3 Å². The highest BCUT2D eigenvalue weighted by Gasteiger charge is 2.34. The van der Waals surface area contributed by atoms with Gasteiger partial charge in [-0.25, -0.2) is 0 Å². The molecule has 0 aliphatic heterocycles. The second-order valence-corrected chi connectivity index (χ2v) is 7.09. The average molecular weight is 280 g/mol. The van der Waals surface area contributed by atoms with Crippen molar-refractivity contribution in [2.75, 3.05) is 33.2 Å². The summed E-state index contributed by atoms with van der Waals surface area (Å²) in [6.45, 7) is 6.95. The Morgan fingerprint density at radius 1 is 1.37 bits per heavy atom. The van der Waals surface area contributed by atoms with Gasteiger partial charge in [0.05, 0.1) is 0 Å². The summed E-state index contributed by atoms with van der Waals surface area (Å²) in [5.41, 5.74) is 0.542. The molecule has 1 fully saturated rings. The lowest BCUT2D eigenvalue weighted by Crippen LogP contribution is -2.41. The zero-order valence-corrected chi connectivity index (χ0v) is 13.3. The first kappa shape index (κ1) is 15.0. The Morgan fingerprint density at radius 2 is 2.16 bits per heavy atom. The van der Waals surface area contributed by atoms with E-state index in [1.165, 1.54) is 56.6 Å². The zero-order valence-electron chi connectivity index (χ0n) is 12.5. The van der Waals surface area contributed by atoms with Crippen molar-refractivity contribution >= 4 is 11.3 Å². The van der Waals surface area contributed by atoms with Crippen LogP contribution in [0, 0.1) is 5.41 Å². The van der Waals surface area contributed by atoms with E-state index in [0.717, 1.165) is 6.54 Å². The van der Waals surface area contributed by atoms with Crippen LogP contribution in [0.1, 0.15) is 37.5 Å². The van der Waals surface area contributed by atoms with Gasteiger partial charge in [0, 0.05) is 24.5 Å². The minimum Gasteiger partial charge on any atom is -0.316 e. The van der Waals surface area contributed by atoms with Crippen molar-refractivity contribution in [2.45, 2.75) is 39.0 Å². The van der Waals surface area contributed by atoms with Crippen molar-refractivity contribution in [1.82, 2.24) is 10.2 Å². The minimum absolute atomic E-state index is 0.542. The second kappa shape index (κ2) is 7.41. The standard InChI is InChI=1S/C16H28N2S/c1-3-17-13-16(9-4-5-10-16)14-18(2)11-8-15-7-6-12-19-15/h6-7,12,17H,3-5,8-11,13-14H2,1-2H3. The maximum absolute atomic E-state index is 3.58. The maximum Gasteiger partial charge on any atom is 0.00579 e. The van der Waals surface area contributed by atoms with Crippen LogP contribution in [-0.2, 0) is 6.42 Å². The summed E-state index contributed by atoms with van der Waals surface area (Å²) in [5.74, 6) is 0. The van der Waals surface area contributed by atoms with Gasteiger partial charge in [0.1, 0.15) is 0 Å². The highest BCUT2D eigenvalue weighted by atomic mass is 32.1. The molecule has 0 bridgehead atoms. The van der Waals surface area contributed by atoms with Crippen LogP contribution in [0.5, 0.6) is 0 Å². The van der Waals surface area contributed by atoms with Crippen LogP contribution in [0.15, 0.2) is 17.5 Å². The summed E-state index contributed by atoms with van der Waals surface area (Å²) in [5, 5.41) is 5.76. The molecule has 1 aromatic heterocycles. The summed E-state index contributed by atoms with van der Waals surface area (Å²) in [4.78, 5) is 4.06. The molecule has 2 rings (SSSR count). The van der Waals surface area contributed by atoms with Crippen LogP contribution in [0.3, 0.4) is 0 Å². The van der Waals surface area contributed by atoms with E-state index in [0.29, 0.717) is 5.41 Å². The number of thiophene rings is 1. The summed E-state index contributed by atoms with van der Waals surface area (Å²) in [7, 11) is 2.29. The fourth-order valence-electron chi connectivity index (χ4n) is 3.31. The molecular weight excluding hydrogens is 252 g/mol. The molecule has 1 N–H and O–H groups in total. The van der Waals surface area contributed by atoms with E-state index in [4.69, 9.17) is 0 Å². The minimum atomic E-state index is 0.542. The molecule has 3 heteroatoms. The van der Waals surface area contributed by atoms with Crippen LogP contribution in [0.25, 0.3) is 0 Å². The molecule has 1 saturated carbocycles. The molecule has 1 aliphatic rings. The summed E-state index contributed by atoms with van der Waals surface area (Å²) in [6.07, 6.45) is 6.85. The monoisotopic (exact) mass is 280 g/mol. The molecule has 0 amide bonds. The fraction of sp³-hybridized carbons (Fsp3) is 0.750. The molecule has 1 aromatic rings. The van der Waals surface area contributed by atoms with Gasteiger partial charge in [0.15, 0.2) is 0 Å². The lowest BCUT2D eigenvalue weighted by molar-refractivity contribution is 0.175. The third-order valence-electron chi connectivity index (χ3n) is 4.34. The normalized spacial score (nSPS) is 18.3. The molecule has 1 heterocycles. The summed E-state index contributed by atoms with van der Waals surface area (Å²) in [6, 6.07) is 4.41. The molecule has 0 spiro atoms. The second-order valence-electron chi connectivity index (χ2n) is 6.05. The fourth-order valence-corrected chi connectivity index (χ4v) is 4.01. The molecule has 0 aromatic carbocycles. The van der Waals surface area contributed by atoms with Gasteiger partial charge in [-0.05, 0) is 49.7 Å². The highest BCUT2D eigenvalue weighted by Crippen LogP contribution is 2.38. The Morgan fingerprint density at radius 3 is 2.79 bits per heavy atom. The molecule has 108 valence electrons. The topological polar surface area (TPSA) is 15.3 Å². The Labute approximate surface area is 122 Å². The van der Waals surface area contributed by atoms with E-state index in [2.05, 4.69) is 41.7 Å². The van der Waals surface area contributed by atoms with E-state index in [9.17, 15) is 0 Å². The Hall–Kier alpha value is -0.380. The van der Waals surface area contributed by atoms with E-state index >= 15 is 0 Å². The average Bonchev–Trinajstić information content (AvgIpc) is 3.06. The van der Waals surface area contributed by atoms with E-state index < -0.39 is 0 Å². The van der Waals surface area contributed by atoms with Crippen LogP contribution in [0.4, 0.5) is 0 Å². The van der Waals surface area contributed by atoms with Crippen molar-refractivity contribution < 1.29 is 0 Å². The first-order valence-corrected chi connectivity index (χ1v) is 8.54. The molecule has 1 aliphatic carbocycles. The van der Waals surface area contributed by atoms with Crippen molar-refractivity contribution in [2.24, 2.45) is 5.41 Å². The van der Waals surface area contributed by atoms with E-state index in [-0.39, 0.29) is 0 Å². The Balaban J connectivity index is 1.79. The van der Waals surface area contributed by atoms with Crippen LogP contribution in [-0.4, -0.2) is 38.1 Å². The van der Waals surface area contributed by atoms with Crippen LogP contribution in [0.2, 0.25) is 0 Å². The molecule has 0 atom stereocenters. The largest absolute Gasteiger partial charge is 0.316 e. The van der Waals surface area contributed by atoms with Gasteiger partial charge >= 0.3 is 0 Å². The first-order chi connectivity index (χ1) is 9.24. The lowest BCUT2D eigenvalue weighted by Gasteiger charge is -2.34. The highest BCUT2D eigenvalue weighted by molar-refractivity contribution is 7.09. The SMILES string of the molecule is CCNCC1(CN(C)CCc2cccs2)CCCC1. The Bertz CT molecular complexity index is 342. The first-order valence-electron chi connectivity index (χ1n) is 7.66. The van der Waals surface area contributed by atoms with Gasteiger partial charge < -0.3 is 10.2 Å². The molecule has 2 nitrogen and oxygen atoms in total. The van der Waals surface area contributed by atoms with Gasteiger partial charge in [-0.2, -0.15) is 0 Å². The van der Waals surface area contributed by atoms with Crippen molar-refractivity contribution in [1.29, 1.82) is 0 Å². The smallest absolute Gasteiger partial charge is 0.00579 e. The third-order valence-corrected chi connectivity index (χ3v) is 5.28. The van der Waals surface area contributed by atoms with Crippen LogP contribution < -0.4 is 5.32 Å². The van der Waals surface area contributed by atoms with Gasteiger partial charge in [0.25, 0.3) is 0 Å².